The minimum absolute atomic E-state index is 0.0206. The van der Waals surface area contributed by atoms with Gasteiger partial charge in [0, 0.05) is 12.3 Å². The van der Waals surface area contributed by atoms with Gasteiger partial charge in [0.2, 0.25) is 5.91 Å². The fourth-order valence-electron chi connectivity index (χ4n) is 1.38. The summed E-state index contributed by atoms with van der Waals surface area (Å²) in [6.07, 6.45) is 1.32. The number of rotatable bonds is 5. The van der Waals surface area contributed by atoms with Gasteiger partial charge in [0.05, 0.1) is 18.1 Å². The maximum atomic E-state index is 11.0. The van der Waals surface area contributed by atoms with Gasteiger partial charge < -0.3 is 16.2 Å². The monoisotopic (exact) mass is 216 g/mol. The molecule has 0 radical (unpaired) electrons. The fourth-order valence-corrected chi connectivity index (χ4v) is 1.93. The lowest BCUT2D eigenvalue weighted by Gasteiger charge is -2.36. The lowest BCUT2D eigenvalue weighted by Crippen LogP contribution is -2.60. The second-order valence-corrected chi connectivity index (χ2v) is 4.30. The Kier molecular flexibility index (Phi) is 4.44. The van der Waals surface area contributed by atoms with Gasteiger partial charge in [-0.05, 0) is 12.3 Å². The SMILES string of the molecule is CC(O)C1C(=O)NC1/C=C/SCCN. The molecule has 1 rings (SSSR count). The zero-order chi connectivity index (χ0) is 10.6. The number of carbonyl (C=O) groups excluding carboxylic acids is 1. The molecule has 0 bridgehead atoms. The summed E-state index contributed by atoms with van der Waals surface area (Å²) >= 11 is 1.61. The van der Waals surface area contributed by atoms with E-state index in [1.54, 1.807) is 18.7 Å². The van der Waals surface area contributed by atoms with Crippen molar-refractivity contribution in [3.8, 4) is 0 Å². The van der Waals surface area contributed by atoms with E-state index in [0.717, 1.165) is 5.75 Å². The molecule has 80 valence electrons. The second-order valence-electron chi connectivity index (χ2n) is 3.29. The average molecular weight is 216 g/mol. The molecule has 1 heterocycles. The summed E-state index contributed by atoms with van der Waals surface area (Å²) in [5.41, 5.74) is 5.33. The van der Waals surface area contributed by atoms with Crippen LogP contribution in [0.5, 0.6) is 0 Å². The fraction of sp³-hybridized carbons (Fsp3) is 0.667. The smallest absolute Gasteiger partial charge is 0.228 e. The van der Waals surface area contributed by atoms with Gasteiger partial charge in [0.25, 0.3) is 0 Å². The molecule has 1 amide bonds. The number of carbonyl (C=O) groups is 1. The van der Waals surface area contributed by atoms with Crippen LogP contribution in [0.15, 0.2) is 11.5 Å². The van der Waals surface area contributed by atoms with E-state index in [4.69, 9.17) is 5.73 Å². The molecule has 1 fully saturated rings. The highest BCUT2D eigenvalue weighted by molar-refractivity contribution is 8.02. The zero-order valence-electron chi connectivity index (χ0n) is 8.14. The lowest BCUT2D eigenvalue weighted by molar-refractivity contribution is -0.138. The van der Waals surface area contributed by atoms with Crippen molar-refractivity contribution in [2.45, 2.75) is 19.1 Å². The van der Waals surface area contributed by atoms with Crippen molar-refractivity contribution in [2.75, 3.05) is 12.3 Å². The Labute approximate surface area is 87.9 Å². The van der Waals surface area contributed by atoms with Crippen LogP contribution in [0.4, 0.5) is 0 Å². The summed E-state index contributed by atoms with van der Waals surface area (Å²) in [5.74, 6) is 0.513. The summed E-state index contributed by atoms with van der Waals surface area (Å²) in [4.78, 5) is 11.0. The van der Waals surface area contributed by atoms with E-state index in [0.29, 0.717) is 6.54 Å². The highest BCUT2D eigenvalue weighted by atomic mass is 32.2. The first kappa shape index (κ1) is 11.6. The summed E-state index contributed by atoms with van der Waals surface area (Å²) in [6.45, 7) is 2.28. The molecule has 3 unspecified atom stereocenters. The molecule has 4 nitrogen and oxygen atoms in total. The maximum Gasteiger partial charge on any atom is 0.228 e. The number of β-lactam (4-membered cyclic amide) rings is 1. The van der Waals surface area contributed by atoms with E-state index in [9.17, 15) is 9.90 Å². The van der Waals surface area contributed by atoms with Gasteiger partial charge in [0.1, 0.15) is 0 Å². The number of amides is 1. The minimum atomic E-state index is -0.585. The molecule has 0 spiro atoms. The number of nitrogens with one attached hydrogen (secondary N) is 1. The van der Waals surface area contributed by atoms with Gasteiger partial charge in [0.15, 0.2) is 0 Å². The average Bonchev–Trinajstić information content (AvgIpc) is 2.08. The summed E-state index contributed by atoms with van der Waals surface area (Å²) < 4.78 is 0. The Balaban J connectivity index is 2.32. The van der Waals surface area contributed by atoms with Crippen molar-refractivity contribution in [3.05, 3.63) is 11.5 Å². The minimum Gasteiger partial charge on any atom is -0.392 e. The molecule has 0 aromatic heterocycles. The molecule has 0 aromatic rings. The first-order valence-corrected chi connectivity index (χ1v) is 5.68. The molecule has 14 heavy (non-hydrogen) atoms. The standard InChI is InChI=1S/C9H16N2O2S/c1-6(12)8-7(11-9(8)13)2-4-14-5-3-10/h2,4,6-8,12H,3,5,10H2,1H3,(H,11,13)/b4-2+. The molecule has 0 aromatic carbocycles. The van der Waals surface area contributed by atoms with E-state index in [1.165, 1.54) is 0 Å². The molecular formula is C9H16N2O2S. The van der Waals surface area contributed by atoms with E-state index in [1.807, 2.05) is 11.5 Å². The number of thioether (sulfide) groups is 1. The molecule has 1 saturated heterocycles. The van der Waals surface area contributed by atoms with Gasteiger partial charge in [-0.3, -0.25) is 4.79 Å². The highest BCUT2D eigenvalue weighted by Crippen LogP contribution is 2.21. The van der Waals surface area contributed by atoms with Crippen molar-refractivity contribution in [3.63, 3.8) is 0 Å². The van der Waals surface area contributed by atoms with Crippen molar-refractivity contribution < 1.29 is 9.90 Å². The molecule has 3 atom stereocenters. The molecule has 0 aliphatic carbocycles. The third-order valence-electron chi connectivity index (χ3n) is 2.14. The molecule has 0 saturated carbocycles. The van der Waals surface area contributed by atoms with E-state index in [-0.39, 0.29) is 17.9 Å². The van der Waals surface area contributed by atoms with Crippen molar-refractivity contribution in [1.82, 2.24) is 5.32 Å². The predicted octanol–water partition coefficient (Wildman–Crippen LogP) is -0.313. The van der Waals surface area contributed by atoms with Crippen LogP contribution >= 0.6 is 11.8 Å². The van der Waals surface area contributed by atoms with Crippen LogP contribution in [0.1, 0.15) is 6.92 Å². The van der Waals surface area contributed by atoms with Crippen molar-refractivity contribution in [1.29, 1.82) is 0 Å². The Bertz CT molecular complexity index is 231. The molecule has 1 aliphatic rings. The zero-order valence-corrected chi connectivity index (χ0v) is 8.96. The normalized spacial score (nSPS) is 28.6. The highest BCUT2D eigenvalue weighted by Gasteiger charge is 2.40. The van der Waals surface area contributed by atoms with Gasteiger partial charge >= 0.3 is 0 Å². The second kappa shape index (κ2) is 5.38. The Morgan fingerprint density at radius 3 is 3.00 bits per heavy atom. The van der Waals surface area contributed by atoms with Gasteiger partial charge in [-0.15, -0.1) is 11.8 Å². The molecular weight excluding hydrogens is 200 g/mol. The number of hydrogen-bond donors (Lipinski definition) is 3. The Morgan fingerprint density at radius 1 is 1.79 bits per heavy atom. The van der Waals surface area contributed by atoms with Crippen molar-refractivity contribution in [2.24, 2.45) is 11.7 Å². The number of aliphatic hydroxyl groups is 1. The van der Waals surface area contributed by atoms with Gasteiger partial charge in [-0.25, -0.2) is 0 Å². The first-order valence-electron chi connectivity index (χ1n) is 4.63. The maximum absolute atomic E-state index is 11.0. The van der Waals surface area contributed by atoms with Gasteiger partial charge in [-0.2, -0.15) is 0 Å². The summed E-state index contributed by atoms with van der Waals surface area (Å²) in [6, 6.07) is -0.0206. The van der Waals surface area contributed by atoms with Crippen LogP contribution in [0.25, 0.3) is 0 Å². The van der Waals surface area contributed by atoms with Crippen LogP contribution in [0.3, 0.4) is 0 Å². The molecule has 1 aliphatic heterocycles. The van der Waals surface area contributed by atoms with Crippen LogP contribution in [0.2, 0.25) is 0 Å². The largest absolute Gasteiger partial charge is 0.392 e. The quantitative estimate of drug-likeness (QED) is 0.435. The third kappa shape index (κ3) is 2.73. The number of hydrogen-bond acceptors (Lipinski definition) is 4. The molecule has 4 N–H and O–H groups in total. The molecule has 5 heteroatoms. The van der Waals surface area contributed by atoms with Crippen molar-refractivity contribution >= 4 is 17.7 Å². The lowest BCUT2D eigenvalue weighted by atomic mass is 9.86. The third-order valence-corrected chi connectivity index (χ3v) is 2.96. The van der Waals surface area contributed by atoms with Crippen LogP contribution in [0, 0.1) is 5.92 Å². The van der Waals surface area contributed by atoms with E-state index >= 15 is 0 Å². The first-order chi connectivity index (χ1) is 6.66. The summed E-state index contributed by atoms with van der Waals surface area (Å²) in [5, 5.41) is 13.9. The Morgan fingerprint density at radius 2 is 2.50 bits per heavy atom. The predicted molar refractivity (Wildman–Crippen MR) is 57.8 cm³/mol. The number of nitrogens with two attached hydrogens (primary N) is 1. The summed E-state index contributed by atoms with van der Waals surface area (Å²) in [7, 11) is 0. The van der Waals surface area contributed by atoms with Crippen LogP contribution in [-0.4, -0.2) is 35.5 Å². The van der Waals surface area contributed by atoms with Crippen LogP contribution < -0.4 is 11.1 Å². The number of aliphatic hydroxyl groups excluding tert-OH is 1. The Hall–Kier alpha value is -0.520. The van der Waals surface area contributed by atoms with Crippen LogP contribution in [-0.2, 0) is 4.79 Å². The topological polar surface area (TPSA) is 75.3 Å². The van der Waals surface area contributed by atoms with E-state index in [2.05, 4.69) is 5.32 Å². The van der Waals surface area contributed by atoms with Gasteiger partial charge in [-0.1, -0.05) is 6.08 Å². The van der Waals surface area contributed by atoms with E-state index < -0.39 is 6.10 Å².